The minimum absolute atomic E-state index is 0.0208. The molecule has 17 heavy (non-hydrogen) atoms. The maximum Gasteiger partial charge on any atom is 0.323 e. The molecule has 0 amide bonds. The first-order valence-electron chi connectivity index (χ1n) is 4.43. The second kappa shape index (κ2) is 4.89. The van der Waals surface area contributed by atoms with Gasteiger partial charge in [-0.25, -0.2) is 12.8 Å². The summed E-state index contributed by atoms with van der Waals surface area (Å²) in [6.45, 7) is 0.998. The van der Waals surface area contributed by atoms with Crippen molar-refractivity contribution in [2.24, 2.45) is 0 Å². The summed E-state index contributed by atoms with van der Waals surface area (Å²) in [6.07, 6.45) is 0. The van der Waals surface area contributed by atoms with Crippen molar-refractivity contribution in [3.05, 3.63) is 29.0 Å². The number of carbonyl (C=O) groups is 1. The fourth-order valence-corrected chi connectivity index (χ4v) is 2.09. The number of carboxylic acid groups (broad SMARTS) is 1. The van der Waals surface area contributed by atoms with Crippen molar-refractivity contribution >= 4 is 33.3 Å². The molecule has 2 N–H and O–H groups in total. The molecule has 0 fully saturated rings. The minimum atomic E-state index is -4.15. The highest BCUT2D eigenvalue weighted by molar-refractivity contribution is 7.94. The van der Waals surface area contributed by atoms with E-state index in [1.54, 1.807) is 0 Å². The normalized spacial score (nSPS) is 13.1. The van der Waals surface area contributed by atoms with Crippen LogP contribution in [0.1, 0.15) is 6.92 Å². The first-order chi connectivity index (χ1) is 7.74. The van der Waals surface area contributed by atoms with Crippen LogP contribution in [0.3, 0.4) is 0 Å². The van der Waals surface area contributed by atoms with Crippen molar-refractivity contribution in [3.8, 4) is 0 Å². The van der Waals surface area contributed by atoms with Gasteiger partial charge in [-0.2, -0.15) is 0 Å². The molecule has 1 aromatic carbocycles. The van der Waals surface area contributed by atoms with Crippen LogP contribution in [-0.4, -0.2) is 24.7 Å². The van der Waals surface area contributed by atoms with Gasteiger partial charge in [0.25, 0.3) is 0 Å². The van der Waals surface area contributed by atoms with Gasteiger partial charge in [0.1, 0.15) is 5.82 Å². The Morgan fingerprint density at radius 1 is 1.53 bits per heavy atom. The average molecular weight is 282 g/mol. The summed E-state index contributed by atoms with van der Waals surface area (Å²) in [7, 11) is -4.15. The molecule has 1 rings (SSSR count). The minimum Gasteiger partial charge on any atom is -0.480 e. The van der Waals surface area contributed by atoms with Crippen LogP contribution in [0, 0.1) is 5.82 Å². The van der Waals surface area contributed by atoms with E-state index in [1.807, 2.05) is 4.72 Å². The zero-order valence-electron chi connectivity index (χ0n) is 8.65. The second-order valence-electron chi connectivity index (χ2n) is 3.25. The van der Waals surface area contributed by atoms with Gasteiger partial charge in [-0.15, -0.1) is 0 Å². The van der Waals surface area contributed by atoms with Gasteiger partial charge in [0.05, 0.1) is 10.7 Å². The Bertz CT molecular complexity index is 546. The van der Waals surface area contributed by atoms with E-state index in [0.717, 1.165) is 19.1 Å². The van der Waals surface area contributed by atoms with Gasteiger partial charge in [0.15, 0.2) is 5.25 Å². The summed E-state index contributed by atoms with van der Waals surface area (Å²) in [5.41, 5.74) is -0.195. The molecule has 1 atom stereocenters. The summed E-state index contributed by atoms with van der Waals surface area (Å²) in [5.74, 6) is -2.19. The fraction of sp³-hybridized carbons (Fsp3) is 0.222. The average Bonchev–Trinajstić information content (AvgIpc) is 2.21. The Morgan fingerprint density at radius 3 is 2.65 bits per heavy atom. The monoisotopic (exact) mass is 281 g/mol. The summed E-state index contributed by atoms with van der Waals surface area (Å²) in [5, 5.41) is 6.91. The fourth-order valence-electron chi connectivity index (χ4n) is 0.950. The van der Waals surface area contributed by atoms with Gasteiger partial charge >= 0.3 is 5.97 Å². The number of halogens is 2. The molecule has 0 aliphatic heterocycles. The Labute approximate surface area is 102 Å². The highest BCUT2D eigenvalue weighted by atomic mass is 35.5. The molecule has 0 heterocycles. The number of rotatable bonds is 4. The predicted molar refractivity (Wildman–Crippen MR) is 61.1 cm³/mol. The summed E-state index contributed by atoms with van der Waals surface area (Å²) in [4.78, 5) is 10.6. The highest BCUT2D eigenvalue weighted by Crippen LogP contribution is 2.24. The van der Waals surface area contributed by atoms with Crippen molar-refractivity contribution in [1.29, 1.82) is 0 Å². The van der Waals surface area contributed by atoms with Gasteiger partial charge in [-0.05, 0) is 25.1 Å². The number of hydrogen-bond acceptors (Lipinski definition) is 3. The van der Waals surface area contributed by atoms with Crippen LogP contribution in [0.5, 0.6) is 0 Å². The van der Waals surface area contributed by atoms with E-state index < -0.39 is 27.1 Å². The van der Waals surface area contributed by atoms with Gasteiger partial charge in [0.2, 0.25) is 10.0 Å². The predicted octanol–water partition coefficient (Wildman–Crippen LogP) is 1.69. The topological polar surface area (TPSA) is 83.5 Å². The van der Waals surface area contributed by atoms with Crippen LogP contribution in [0.25, 0.3) is 0 Å². The van der Waals surface area contributed by atoms with Crippen LogP contribution in [-0.2, 0) is 14.8 Å². The summed E-state index contributed by atoms with van der Waals surface area (Å²) < 4.78 is 37.9. The lowest BCUT2D eigenvalue weighted by molar-refractivity contribution is -0.136. The Morgan fingerprint density at radius 2 is 2.12 bits per heavy atom. The molecule has 1 aromatic rings. The van der Waals surface area contributed by atoms with Crippen molar-refractivity contribution in [1.82, 2.24) is 0 Å². The van der Waals surface area contributed by atoms with E-state index in [-0.39, 0.29) is 10.7 Å². The smallest absolute Gasteiger partial charge is 0.323 e. The van der Waals surface area contributed by atoms with E-state index in [1.165, 1.54) is 6.07 Å². The van der Waals surface area contributed by atoms with Crippen LogP contribution < -0.4 is 4.72 Å². The molecule has 0 aliphatic carbocycles. The molecule has 0 spiro atoms. The third-order valence-corrected chi connectivity index (χ3v) is 3.96. The van der Waals surface area contributed by atoms with Gasteiger partial charge < -0.3 is 5.11 Å². The quantitative estimate of drug-likeness (QED) is 0.880. The second-order valence-corrected chi connectivity index (χ2v) is 5.66. The zero-order valence-corrected chi connectivity index (χ0v) is 10.2. The lowest BCUT2D eigenvalue weighted by atomic mass is 10.3. The molecule has 94 valence electrons. The van der Waals surface area contributed by atoms with Gasteiger partial charge in [-0.1, -0.05) is 11.6 Å². The Balaban J connectivity index is 3.06. The van der Waals surface area contributed by atoms with Gasteiger partial charge in [0, 0.05) is 0 Å². The number of nitrogens with one attached hydrogen (secondary N) is 1. The lowest BCUT2D eigenvalue weighted by Crippen LogP contribution is -2.32. The van der Waals surface area contributed by atoms with E-state index >= 15 is 0 Å². The molecule has 0 saturated heterocycles. The van der Waals surface area contributed by atoms with Crippen LogP contribution in [0.15, 0.2) is 18.2 Å². The van der Waals surface area contributed by atoms with E-state index in [4.69, 9.17) is 16.7 Å². The molecule has 0 saturated carbocycles. The SMILES string of the molecule is CC(C(=O)O)S(=O)(=O)Nc1cc(F)ccc1Cl. The largest absolute Gasteiger partial charge is 0.480 e. The molecular formula is C9H9ClFNO4S. The van der Waals surface area contributed by atoms with Crippen molar-refractivity contribution in [3.63, 3.8) is 0 Å². The maximum atomic E-state index is 12.9. The molecule has 8 heteroatoms. The van der Waals surface area contributed by atoms with E-state index in [2.05, 4.69) is 0 Å². The molecule has 5 nitrogen and oxygen atoms in total. The number of aliphatic carboxylic acids is 1. The molecule has 1 unspecified atom stereocenters. The third kappa shape index (κ3) is 3.31. The summed E-state index contributed by atoms with van der Waals surface area (Å²) in [6, 6.07) is 3.09. The zero-order chi connectivity index (χ0) is 13.2. The first kappa shape index (κ1) is 13.7. The molecule has 0 aliphatic rings. The molecule has 0 radical (unpaired) electrons. The number of carboxylic acids is 1. The molecular weight excluding hydrogens is 273 g/mol. The standard InChI is InChI=1S/C9H9ClFNO4S/c1-5(9(13)14)17(15,16)12-8-4-6(11)2-3-7(8)10/h2-5,12H,1H3,(H,13,14). The highest BCUT2D eigenvalue weighted by Gasteiger charge is 2.28. The molecule has 0 bridgehead atoms. The van der Waals surface area contributed by atoms with Crippen molar-refractivity contribution in [2.45, 2.75) is 12.2 Å². The van der Waals surface area contributed by atoms with Gasteiger partial charge in [-0.3, -0.25) is 9.52 Å². The van der Waals surface area contributed by atoms with Crippen LogP contribution >= 0.6 is 11.6 Å². The maximum absolute atomic E-state index is 12.9. The molecule has 0 aromatic heterocycles. The number of sulfonamides is 1. The lowest BCUT2D eigenvalue weighted by Gasteiger charge is -2.12. The van der Waals surface area contributed by atoms with E-state index in [9.17, 15) is 17.6 Å². The van der Waals surface area contributed by atoms with Crippen molar-refractivity contribution < 1.29 is 22.7 Å². The van der Waals surface area contributed by atoms with E-state index in [0.29, 0.717) is 0 Å². The van der Waals surface area contributed by atoms with Crippen molar-refractivity contribution in [2.75, 3.05) is 4.72 Å². The van der Waals surface area contributed by atoms with Crippen LogP contribution in [0.2, 0.25) is 5.02 Å². The number of anilines is 1. The Kier molecular flexibility index (Phi) is 3.94. The number of hydrogen-bond donors (Lipinski definition) is 2. The first-order valence-corrected chi connectivity index (χ1v) is 6.36. The third-order valence-electron chi connectivity index (χ3n) is 1.99. The summed E-state index contributed by atoms with van der Waals surface area (Å²) >= 11 is 5.65. The van der Waals surface area contributed by atoms with Crippen LogP contribution in [0.4, 0.5) is 10.1 Å². The Hall–Kier alpha value is -1.34. The number of benzene rings is 1.